The lowest BCUT2D eigenvalue weighted by molar-refractivity contribution is 0.239. The number of rotatable bonds is 3. The van der Waals surface area contributed by atoms with E-state index in [9.17, 15) is 4.39 Å². The number of halogens is 1. The minimum atomic E-state index is -0.175. The molecule has 0 aliphatic carbocycles. The Morgan fingerprint density at radius 1 is 1.13 bits per heavy atom. The highest BCUT2D eigenvalue weighted by Gasteiger charge is 2.11. The van der Waals surface area contributed by atoms with Gasteiger partial charge in [-0.1, -0.05) is 13.8 Å². The van der Waals surface area contributed by atoms with Crippen molar-refractivity contribution in [3.8, 4) is 5.75 Å². The van der Waals surface area contributed by atoms with Crippen LogP contribution in [0.3, 0.4) is 0 Å². The molecule has 0 bridgehead atoms. The molecular formula is C13H19FO. The van der Waals surface area contributed by atoms with Crippen molar-refractivity contribution in [1.82, 2.24) is 0 Å². The molecule has 0 saturated carbocycles. The van der Waals surface area contributed by atoms with Gasteiger partial charge in [0.2, 0.25) is 0 Å². The first kappa shape index (κ1) is 12.0. The van der Waals surface area contributed by atoms with Crippen LogP contribution in [0.5, 0.6) is 5.75 Å². The Hall–Kier alpha value is -1.05. The van der Waals surface area contributed by atoms with Crippen molar-refractivity contribution in [2.75, 3.05) is 0 Å². The van der Waals surface area contributed by atoms with Gasteiger partial charge < -0.3 is 4.74 Å². The standard InChI is InChI=1S/C13H19FO/c1-8(2)11-6-10(5)13(7-12(11)14)15-9(3)4/h6-9H,1-5H3. The van der Waals surface area contributed by atoms with Crippen LogP contribution < -0.4 is 4.74 Å². The predicted molar refractivity (Wildman–Crippen MR) is 61.0 cm³/mol. The molecule has 1 aromatic carbocycles. The second-order valence-electron chi connectivity index (χ2n) is 4.46. The van der Waals surface area contributed by atoms with Gasteiger partial charge >= 0.3 is 0 Å². The molecule has 0 amide bonds. The summed E-state index contributed by atoms with van der Waals surface area (Å²) in [4.78, 5) is 0. The molecule has 0 unspecified atom stereocenters. The van der Waals surface area contributed by atoms with E-state index in [1.54, 1.807) is 0 Å². The maximum Gasteiger partial charge on any atom is 0.130 e. The molecule has 0 aliphatic rings. The van der Waals surface area contributed by atoms with Gasteiger partial charge in [-0.25, -0.2) is 4.39 Å². The van der Waals surface area contributed by atoms with Crippen LogP contribution in [0, 0.1) is 12.7 Å². The molecule has 0 saturated heterocycles. The van der Waals surface area contributed by atoms with Crippen LogP contribution >= 0.6 is 0 Å². The average Bonchev–Trinajstić information content (AvgIpc) is 2.09. The Kier molecular flexibility index (Phi) is 3.72. The molecule has 0 radical (unpaired) electrons. The van der Waals surface area contributed by atoms with E-state index in [4.69, 9.17) is 4.74 Å². The Labute approximate surface area is 91.3 Å². The fraction of sp³-hybridized carbons (Fsp3) is 0.538. The number of hydrogen-bond acceptors (Lipinski definition) is 1. The first-order valence-electron chi connectivity index (χ1n) is 5.38. The van der Waals surface area contributed by atoms with Gasteiger partial charge in [0.15, 0.2) is 0 Å². The summed E-state index contributed by atoms with van der Waals surface area (Å²) in [6.07, 6.45) is 0.0769. The lowest BCUT2D eigenvalue weighted by atomic mass is 10.00. The number of ether oxygens (including phenoxy) is 1. The van der Waals surface area contributed by atoms with Gasteiger partial charge in [-0.3, -0.25) is 0 Å². The Bertz CT molecular complexity index is 343. The predicted octanol–water partition coefficient (Wildman–Crippen LogP) is 4.04. The molecule has 2 heteroatoms. The van der Waals surface area contributed by atoms with E-state index < -0.39 is 0 Å². The minimum absolute atomic E-state index is 0.0769. The van der Waals surface area contributed by atoms with Crippen LogP contribution in [0.15, 0.2) is 12.1 Å². The van der Waals surface area contributed by atoms with Gasteiger partial charge in [0.25, 0.3) is 0 Å². The Balaban J connectivity index is 3.08. The molecule has 0 atom stereocenters. The zero-order valence-electron chi connectivity index (χ0n) is 10.1. The van der Waals surface area contributed by atoms with Gasteiger partial charge in [0.05, 0.1) is 6.10 Å². The van der Waals surface area contributed by atoms with Crippen molar-refractivity contribution in [3.05, 3.63) is 29.1 Å². The molecule has 1 rings (SSSR count). The number of aryl methyl sites for hydroxylation is 1. The summed E-state index contributed by atoms with van der Waals surface area (Å²) in [6, 6.07) is 3.36. The van der Waals surface area contributed by atoms with E-state index in [0.717, 1.165) is 11.1 Å². The largest absolute Gasteiger partial charge is 0.491 e. The highest BCUT2D eigenvalue weighted by molar-refractivity contribution is 5.38. The Morgan fingerprint density at radius 2 is 1.73 bits per heavy atom. The summed E-state index contributed by atoms with van der Waals surface area (Å²) in [7, 11) is 0. The van der Waals surface area contributed by atoms with E-state index in [-0.39, 0.29) is 17.8 Å². The van der Waals surface area contributed by atoms with E-state index in [2.05, 4.69) is 0 Å². The zero-order chi connectivity index (χ0) is 11.6. The maximum absolute atomic E-state index is 13.7. The maximum atomic E-state index is 13.7. The van der Waals surface area contributed by atoms with Crippen molar-refractivity contribution in [3.63, 3.8) is 0 Å². The monoisotopic (exact) mass is 210 g/mol. The molecule has 0 aliphatic heterocycles. The lowest BCUT2D eigenvalue weighted by Gasteiger charge is -2.15. The molecular weight excluding hydrogens is 191 g/mol. The number of hydrogen-bond donors (Lipinski definition) is 0. The smallest absolute Gasteiger partial charge is 0.130 e. The van der Waals surface area contributed by atoms with E-state index in [0.29, 0.717) is 5.75 Å². The van der Waals surface area contributed by atoms with Crippen LogP contribution in [0.1, 0.15) is 44.7 Å². The normalized spacial score (nSPS) is 11.2. The summed E-state index contributed by atoms with van der Waals surface area (Å²) >= 11 is 0. The fourth-order valence-electron chi connectivity index (χ4n) is 1.51. The van der Waals surface area contributed by atoms with Gasteiger partial charge in [0, 0.05) is 6.07 Å². The van der Waals surface area contributed by atoms with Crippen molar-refractivity contribution < 1.29 is 9.13 Å². The molecule has 1 nitrogen and oxygen atoms in total. The molecule has 0 N–H and O–H groups in total. The molecule has 0 fully saturated rings. The van der Waals surface area contributed by atoms with Crippen molar-refractivity contribution in [2.24, 2.45) is 0 Å². The SMILES string of the molecule is Cc1cc(C(C)C)c(F)cc1OC(C)C. The summed E-state index contributed by atoms with van der Waals surface area (Å²) in [5.41, 5.74) is 1.75. The van der Waals surface area contributed by atoms with Crippen LogP contribution in [0.2, 0.25) is 0 Å². The fourth-order valence-corrected chi connectivity index (χ4v) is 1.51. The van der Waals surface area contributed by atoms with Crippen molar-refractivity contribution >= 4 is 0 Å². The van der Waals surface area contributed by atoms with Crippen molar-refractivity contribution in [2.45, 2.75) is 46.6 Å². The second kappa shape index (κ2) is 4.65. The summed E-state index contributed by atoms with van der Waals surface area (Å²) in [6.45, 7) is 9.80. The molecule has 1 aromatic rings. The Morgan fingerprint density at radius 3 is 2.20 bits per heavy atom. The molecule has 0 heterocycles. The zero-order valence-corrected chi connectivity index (χ0v) is 10.1. The summed E-state index contributed by atoms with van der Waals surface area (Å²) in [5, 5.41) is 0. The van der Waals surface area contributed by atoms with Crippen LogP contribution in [0.4, 0.5) is 4.39 Å². The highest BCUT2D eigenvalue weighted by Crippen LogP contribution is 2.27. The van der Waals surface area contributed by atoms with Gasteiger partial charge in [-0.05, 0) is 43.9 Å². The van der Waals surface area contributed by atoms with Crippen LogP contribution in [-0.2, 0) is 0 Å². The minimum Gasteiger partial charge on any atom is -0.491 e. The first-order chi connectivity index (χ1) is 6.91. The third-order valence-electron chi connectivity index (χ3n) is 2.28. The quantitative estimate of drug-likeness (QED) is 0.731. The molecule has 0 aromatic heterocycles. The average molecular weight is 210 g/mol. The van der Waals surface area contributed by atoms with Gasteiger partial charge in [0.1, 0.15) is 11.6 Å². The third kappa shape index (κ3) is 2.95. The number of benzene rings is 1. The van der Waals surface area contributed by atoms with Crippen LogP contribution in [0.25, 0.3) is 0 Å². The second-order valence-corrected chi connectivity index (χ2v) is 4.46. The first-order valence-corrected chi connectivity index (χ1v) is 5.38. The summed E-state index contributed by atoms with van der Waals surface area (Å²) in [5.74, 6) is 0.676. The molecule has 0 spiro atoms. The van der Waals surface area contributed by atoms with E-state index in [1.165, 1.54) is 6.07 Å². The van der Waals surface area contributed by atoms with Crippen LogP contribution in [-0.4, -0.2) is 6.10 Å². The molecule has 84 valence electrons. The third-order valence-corrected chi connectivity index (χ3v) is 2.28. The van der Waals surface area contributed by atoms with E-state index >= 15 is 0 Å². The van der Waals surface area contributed by atoms with E-state index in [1.807, 2.05) is 40.7 Å². The topological polar surface area (TPSA) is 9.23 Å². The lowest BCUT2D eigenvalue weighted by Crippen LogP contribution is -2.07. The summed E-state index contributed by atoms with van der Waals surface area (Å²) < 4.78 is 19.2. The van der Waals surface area contributed by atoms with Gasteiger partial charge in [-0.15, -0.1) is 0 Å². The van der Waals surface area contributed by atoms with Gasteiger partial charge in [-0.2, -0.15) is 0 Å². The molecule has 15 heavy (non-hydrogen) atoms. The highest BCUT2D eigenvalue weighted by atomic mass is 19.1. The van der Waals surface area contributed by atoms with Crippen molar-refractivity contribution in [1.29, 1.82) is 0 Å².